The smallest absolute Gasteiger partial charge is 0.325 e. The van der Waals surface area contributed by atoms with Crippen LogP contribution >= 0.6 is 0 Å². The molecule has 2 aliphatic heterocycles. The summed E-state index contributed by atoms with van der Waals surface area (Å²) in [5.74, 6) is -0.486. The van der Waals surface area contributed by atoms with Crippen molar-refractivity contribution in [3.63, 3.8) is 0 Å². The summed E-state index contributed by atoms with van der Waals surface area (Å²) >= 11 is 0. The van der Waals surface area contributed by atoms with Gasteiger partial charge in [-0.3, -0.25) is 14.5 Å². The second-order valence-corrected chi connectivity index (χ2v) is 6.50. The first kappa shape index (κ1) is 16.5. The van der Waals surface area contributed by atoms with Gasteiger partial charge in [0, 0.05) is 25.0 Å². The van der Waals surface area contributed by atoms with Crippen molar-refractivity contribution < 1.29 is 14.4 Å². The van der Waals surface area contributed by atoms with Crippen molar-refractivity contribution in [2.45, 2.75) is 51.7 Å². The molecule has 0 aliphatic carbocycles. The van der Waals surface area contributed by atoms with Gasteiger partial charge in [-0.05, 0) is 31.9 Å². The third kappa shape index (κ3) is 2.39. The number of urea groups is 1. The summed E-state index contributed by atoms with van der Waals surface area (Å²) in [5.41, 5.74) is 0.211. The zero-order valence-corrected chi connectivity index (χ0v) is 14.4. The van der Waals surface area contributed by atoms with Gasteiger partial charge in [-0.1, -0.05) is 13.8 Å². The van der Waals surface area contributed by atoms with Crippen LogP contribution in [-0.4, -0.2) is 50.8 Å². The van der Waals surface area contributed by atoms with E-state index < -0.39 is 11.6 Å². The van der Waals surface area contributed by atoms with E-state index in [0.29, 0.717) is 19.4 Å². The third-order valence-electron chi connectivity index (χ3n) is 5.41. The summed E-state index contributed by atoms with van der Waals surface area (Å²) in [4.78, 5) is 40.3. The molecule has 0 aromatic carbocycles. The highest BCUT2D eigenvalue weighted by Crippen LogP contribution is 2.27. The number of fused-ring (bicyclic) bond motifs is 1. The first-order chi connectivity index (χ1) is 11.4. The number of carbonyl (C=O) groups excluding carboxylic acids is 3. The number of imide groups is 1. The van der Waals surface area contributed by atoms with E-state index in [2.05, 4.69) is 9.88 Å². The maximum atomic E-state index is 12.7. The standard InChI is InChI=1S/C17H24N4O3/c1-4-17(5-2)15(23)21(16(24)18-17)11-14(22)20-10-9-19-8-6-7-13(19)12(20)3/h6-8,12H,4-5,9-11H2,1-3H3,(H,18,24). The molecule has 3 rings (SSSR count). The predicted molar refractivity (Wildman–Crippen MR) is 88.1 cm³/mol. The van der Waals surface area contributed by atoms with E-state index >= 15 is 0 Å². The summed E-state index contributed by atoms with van der Waals surface area (Å²) in [6.45, 7) is 6.82. The van der Waals surface area contributed by atoms with Crippen molar-refractivity contribution in [1.82, 2.24) is 19.7 Å². The Labute approximate surface area is 141 Å². The van der Waals surface area contributed by atoms with Gasteiger partial charge in [-0.15, -0.1) is 0 Å². The molecule has 1 aromatic rings. The molecule has 24 heavy (non-hydrogen) atoms. The average molecular weight is 332 g/mol. The molecule has 0 bridgehead atoms. The highest BCUT2D eigenvalue weighted by molar-refractivity contribution is 6.09. The Morgan fingerprint density at radius 3 is 2.62 bits per heavy atom. The lowest BCUT2D eigenvalue weighted by atomic mass is 9.93. The fourth-order valence-electron chi connectivity index (χ4n) is 3.69. The lowest BCUT2D eigenvalue weighted by Gasteiger charge is -2.35. The van der Waals surface area contributed by atoms with Crippen LogP contribution in [-0.2, 0) is 16.1 Å². The molecule has 1 atom stereocenters. The molecule has 0 saturated carbocycles. The Kier molecular flexibility index (Phi) is 4.11. The van der Waals surface area contributed by atoms with Gasteiger partial charge < -0.3 is 14.8 Å². The minimum atomic E-state index is -0.862. The quantitative estimate of drug-likeness (QED) is 0.849. The summed E-state index contributed by atoms with van der Waals surface area (Å²) in [5, 5.41) is 2.76. The number of aromatic nitrogens is 1. The molecule has 130 valence electrons. The van der Waals surface area contributed by atoms with Gasteiger partial charge in [0.05, 0.1) is 6.04 Å². The van der Waals surface area contributed by atoms with Crippen LogP contribution in [0.4, 0.5) is 4.79 Å². The largest absolute Gasteiger partial charge is 0.348 e. The van der Waals surface area contributed by atoms with E-state index in [1.165, 1.54) is 0 Å². The number of nitrogens with one attached hydrogen (secondary N) is 1. The molecule has 7 heteroatoms. The second-order valence-electron chi connectivity index (χ2n) is 6.50. The highest BCUT2D eigenvalue weighted by Gasteiger charge is 2.49. The molecule has 7 nitrogen and oxygen atoms in total. The Bertz CT molecular complexity index is 677. The number of hydrogen-bond acceptors (Lipinski definition) is 3. The summed E-state index contributed by atoms with van der Waals surface area (Å²) < 4.78 is 2.13. The molecule has 1 saturated heterocycles. The lowest BCUT2D eigenvalue weighted by molar-refractivity contribution is -0.141. The fourth-order valence-corrected chi connectivity index (χ4v) is 3.69. The lowest BCUT2D eigenvalue weighted by Crippen LogP contribution is -2.48. The topological polar surface area (TPSA) is 74.7 Å². The summed E-state index contributed by atoms with van der Waals surface area (Å²) in [6, 6.07) is 3.43. The van der Waals surface area contributed by atoms with E-state index in [0.717, 1.165) is 17.1 Å². The normalized spacial score (nSPS) is 22.5. The molecule has 2 aliphatic rings. The van der Waals surface area contributed by atoms with Crippen molar-refractivity contribution in [3.05, 3.63) is 24.0 Å². The third-order valence-corrected chi connectivity index (χ3v) is 5.41. The van der Waals surface area contributed by atoms with Crippen LogP contribution in [0.5, 0.6) is 0 Å². The van der Waals surface area contributed by atoms with Crippen LogP contribution in [0.2, 0.25) is 0 Å². The van der Waals surface area contributed by atoms with Gasteiger partial charge in [0.25, 0.3) is 5.91 Å². The van der Waals surface area contributed by atoms with Gasteiger partial charge >= 0.3 is 6.03 Å². The van der Waals surface area contributed by atoms with Crippen LogP contribution in [0.15, 0.2) is 18.3 Å². The minimum Gasteiger partial charge on any atom is -0.348 e. The first-order valence-electron chi connectivity index (χ1n) is 8.52. The van der Waals surface area contributed by atoms with E-state index in [9.17, 15) is 14.4 Å². The number of carbonyl (C=O) groups is 3. The maximum Gasteiger partial charge on any atom is 0.325 e. The van der Waals surface area contributed by atoms with Crippen molar-refractivity contribution in [3.8, 4) is 0 Å². The maximum absolute atomic E-state index is 12.7. The van der Waals surface area contributed by atoms with E-state index in [4.69, 9.17) is 0 Å². The Hall–Kier alpha value is -2.31. The summed E-state index contributed by atoms with van der Waals surface area (Å²) in [6.07, 6.45) is 3.04. The Morgan fingerprint density at radius 1 is 1.29 bits per heavy atom. The van der Waals surface area contributed by atoms with Crippen molar-refractivity contribution >= 4 is 17.8 Å². The van der Waals surface area contributed by atoms with Crippen LogP contribution in [0.3, 0.4) is 0 Å². The molecule has 0 spiro atoms. The van der Waals surface area contributed by atoms with E-state index in [1.807, 2.05) is 39.1 Å². The number of hydrogen-bond donors (Lipinski definition) is 1. The second kappa shape index (κ2) is 5.96. The number of amides is 4. The van der Waals surface area contributed by atoms with Gasteiger partial charge in [0.15, 0.2) is 0 Å². The van der Waals surface area contributed by atoms with Crippen LogP contribution in [0.25, 0.3) is 0 Å². The molecule has 1 N–H and O–H groups in total. The fraction of sp³-hybridized carbons (Fsp3) is 0.588. The molecule has 1 fully saturated rings. The van der Waals surface area contributed by atoms with Crippen molar-refractivity contribution in [2.24, 2.45) is 0 Å². The number of nitrogens with zero attached hydrogens (tertiary/aromatic N) is 3. The van der Waals surface area contributed by atoms with Crippen LogP contribution in [0.1, 0.15) is 45.3 Å². The minimum absolute atomic E-state index is 0.0656. The SMILES string of the molecule is CCC1(CC)NC(=O)N(CC(=O)N2CCn3cccc3C2C)C1=O. The monoisotopic (exact) mass is 332 g/mol. The Morgan fingerprint density at radius 2 is 2.00 bits per heavy atom. The van der Waals surface area contributed by atoms with Gasteiger partial charge in [-0.25, -0.2) is 4.79 Å². The predicted octanol–water partition coefficient (Wildman–Crippen LogP) is 1.50. The molecule has 4 amide bonds. The van der Waals surface area contributed by atoms with E-state index in [-0.39, 0.29) is 24.4 Å². The molecule has 3 heterocycles. The average Bonchev–Trinajstić information content (AvgIpc) is 3.14. The molecular weight excluding hydrogens is 308 g/mol. The Balaban J connectivity index is 1.74. The van der Waals surface area contributed by atoms with Gasteiger partial charge in [0.2, 0.25) is 5.91 Å². The summed E-state index contributed by atoms with van der Waals surface area (Å²) in [7, 11) is 0. The van der Waals surface area contributed by atoms with Crippen molar-refractivity contribution in [2.75, 3.05) is 13.1 Å². The highest BCUT2D eigenvalue weighted by atomic mass is 16.2. The van der Waals surface area contributed by atoms with Gasteiger partial charge in [0.1, 0.15) is 12.1 Å². The molecule has 0 radical (unpaired) electrons. The zero-order valence-electron chi connectivity index (χ0n) is 14.4. The first-order valence-corrected chi connectivity index (χ1v) is 8.52. The van der Waals surface area contributed by atoms with E-state index in [1.54, 1.807) is 4.90 Å². The molecule has 1 aromatic heterocycles. The molecule has 1 unspecified atom stereocenters. The zero-order chi connectivity index (χ0) is 17.5. The molecular formula is C17H24N4O3. The van der Waals surface area contributed by atoms with Gasteiger partial charge in [-0.2, -0.15) is 0 Å². The van der Waals surface area contributed by atoms with Crippen LogP contribution < -0.4 is 5.32 Å². The number of rotatable bonds is 4. The van der Waals surface area contributed by atoms with Crippen LogP contribution in [0, 0.1) is 0 Å². The van der Waals surface area contributed by atoms with Crippen molar-refractivity contribution in [1.29, 1.82) is 0 Å².